The minimum atomic E-state index is -0.355. The molecule has 0 bridgehead atoms. The molecule has 2 nitrogen and oxygen atoms in total. The molecule has 0 heterocycles. The molecule has 0 saturated heterocycles. The van der Waals surface area contributed by atoms with Gasteiger partial charge in [0.25, 0.3) is 0 Å². The lowest BCUT2D eigenvalue weighted by Crippen LogP contribution is -2.53. The van der Waals surface area contributed by atoms with Crippen LogP contribution in [0.25, 0.3) is 0 Å². The van der Waals surface area contributed by atoms with Crippen molar-refractivity contribution in [3.05, 3.63) is 0 Å². The molecule has 2 N–H and O–H groups in total. The van der Waals surface area contributed by atoms with Gasteiger partial charge in [0, 0.05) is 5.54 Å². The first-order valence-corrected chi connectivity index (χ1v) is 3.71. The van der Waals surface area contributed by atoms with Crippen LogP contribution in [-0.2, 0) is 0 Å². The molecule has 0 saturated carbocycles. The molecule has 11 heavy (non-hydrogen) atoms. The zero-order valence-electron chi connectivity index (χ0n) is 7.73. The van der Waals surface area contributed by atoms with E-state index in [1.807, 2.05) is 27.7 Å². The van der Waals surface area contributed by atoms with Gasteiger partial charge in [-0.2, -0.15) is 0 Å². The average Bonchev–Trinajstić information content (AvgIpc) is 1.86. The molecule has 0 spiro atoms. The van der Waals surface area contributed by atoms with Gasteiger partial charge in [0.2, 0.25) is 0 Å². The first-order chi connectivity index (χ1) is 4.83. The molecule has 0 aliphatic rings. The maximum absolute atomic E-state index is 8.92. The summed E-state index contributed by atoms with van der Waals surface area (Å²) in [5.74, 6) is 2.61. The largest absolute Gasteiger partial charge is 0.394 e. The molecule has 0 rings (SSSR count). The summed E-state index contributed by atoms with van der Waals surface area (Å²) in [6.45, 7) is 7.71. The summed E-state index contributed by atoms with van der Waals surface area (Å²) in [4.78, 5) is 0. The van der Waals surface area contributed by atoms with Crippen LogP contribution in [-0.4, -0.2) is 22.8 Å². The van der Waals surface area contributed by atoms with E-state index in [1.165, 1.54) is 0 Å². The third-order valence-corrected chi connectivity index (χ3v) is 1.41. The Balaban J connectivity index is 4.16. The van der Waals surface area contributed by atoms with Crippen molar-refractivity contribution in [3.63, 3.8) is 0 Å². The summed E-state index contributed by atoms with van der Waals surface area (Å²) in [5, 5.41) is 12.1. The second-order valence-corrected chi connectivity index (χ2v) is 3.94. The first kappa shape index (κ1) is 10.5. The molecule has 0 amide bonds. The van der Waals surface area contributed by atoms with Crippen molar-refractivity contribution < 1.29 is 5.11 Å². The van der Waals surface area contributed by atoms with Gasteiger partial charge in [0.1, 0.15) is 0 Å². The van der Waals surface area contributed by atoms with Gasteiger partial charge < -0.3 is 5.11 Å². The van der Waals surface area contributed by atoms with Gasteiger partial charge in [-0.1, -0.05) is 5.92 Å². The Morgan fingerprint density at radius 2 is 1.82 bits per heavy atom. The molecule has 0 unspecified atom stereocenters. The standard InChI is InChI=1S/C9H17NO/c1-6-8(2,3)10-9(4,5)7-11/h1,10-11H,7H2,2-5H3. The lowest BCUT2D eigenvalue weighted by molar-refractivity contribution is 0.168. The highest BCUT2D eigenvalue weighted by Gasteiger charge is 2.24. The minimum absolute atomic E-state index is 0.0815. The Bertz CT molecular complexity index is 165. The van der Waals surface area contributed by atoms with E-state index in [9.17, 15) is 0 Å². The third-order valence-electron chi connectivity index (χ3n) is 1.41. The topological polar surface area (TPSA) is 32.3 Å². The van der Waals surface area contributed by atoms with E-state index in [1.54, 1.807) is 0 Å². The van der Waals surface area contributed by atoms with Crippen LogP contribution in [0.5, 0.6) is 0 Å². The number of terminal acetylenes is 1. The van der Waals surface area contributed by atoms with Gasteiger partial charge in [-0.3, -0.25) is 5.32 Å². The zero-order chi connectivity index (χ0) is 9.12. The second-order valence-electron chi connectivity index (χ2n) is 3.94. The Labute approximate surface area is 69.0 Å². The normalized spacial score (nSPS) is 12.7. The SMILES string of the molecule is C#CC(C)(C)NC(C)(C)CO. The molecular weight excluding hydrogens is 138 g/mol. The molecule has 0 aromatic rings. The Morgan fingerprint density at radius 3 is 2.09 bits per heavy atom. The molecule has 0 fully saturated rings. The maximum Gasteiger partial charge on any atom is 0.0746 e. The smallest absolute Gasteiger partial charge is 0.0746 e. The molecule has 0 aromatic carbocycles. The van der Waals surface area contributed by atoms with Crippen LogP contribution in [0.1, 0.15) is 27.7 Å². The van der Waals surface area contributed by atoms with Crippen LogP contribution in [0, 0.1) is 12.3 Å². The lowest BCUT2D eigenvalue weighted by Gasteiger charge is -2.32. The van der Waals surface area contributed by atoms with Crippen molar-refractivity contribution >= 4 is 0 Å². The van der Waals surface area contributed by atoms with Gasteiger partial charge >= 0.3 is 0 Å². The quantitative estimate of drug-likeness (QED) is 0.590. The van der Waals surface area contributed by atoms with Crippen LogP contribution in [0.3, 0.4) is 0 Å². The van der Waals surface area contributed by atoms with Crippen LogP contribution in [0.15, 0.2) is 0 Å². The number of hydrogen-bond donors (Lipinski definition) is 2. The minimum Gasteiger partial charge on any atom is -0.394 e. The van der Waals surface area contributed by atoms with Crippen LogP contribution in [0.2, 0.25) is 0 Å². The van der Waals surface area contributed by atoms with Crippen molar-refractivity contribution in [1.29, 1.82) is 0 Å². The predicted octanol–water partition coefficient (Wildman–Crippen LogP) is 0.759. The second kappa shape index (κ2) is 3.25. The number of nitrogens with one attached hydrogen (secondary N) is 1. The number of aliphatic hydroxyl groups is 1. The summed E-state index contributed by atoms with van der Waals surface area (Å²) in [6.07, 6.45) is 5.27. The van der Waals surface area contributed by atoms with E-state index in [4.69, 9.17) is 11.5 Å². The zero-order valence-corrected chi connectivity index (χ0v) is 7.73. The van der Waals surface area contributed by atoms with E-state index in [2.05, 4.69) is 11.2 Å². The Morgan fingerprint density at radius 1 is 1.36 bits per heavy atom. The van der Waals surface area contributed by atoms with E-state index in [-0.39, 0.29) is 17.7 Å². The van der Waals surface area contributed by atoms with Crippen LogP contribution >= 0.6 is 0 Å². The molecular formula is C9H17NO. The van der Waals surface area contributed by atoms with Gasteiger partial charge in [-0.05, 0) is 27.7 Å². The van der Waals surface area contributed by atoms with Gasteiger partial charge in [-0.25, -0.2) is 0 Å². The van der Waals surface area contributed by atoms with Gasteiger partial charge in [-0.15, -0.1) is 6.42 Å². The van der Waals surface area contributed by atoms with E-state index in [0.717, 1.165) is 0 Å². The fourth-order valence-corrected chi connectivity index (χ4v) is 0.922. The maximum atomic E-state index is 8.92. The Kier molecular flexibility index (Phi) is 3.10. The van der Waals surface area contributed by atoms with Crippen molar-refractivity contribution in [2.45, 2.75) is 38.8 Å². The van der Waals surface area contributed by atoms with E-state index in [0.29, 0.717) is 0 Å². The third kappa shape index (κ3) is 4.02. The van der Waals surface area contributed by atoms with Crippen molar-refractivity contribution in [2.75, 3.05) is 6.61 Å². The molecule has 0 atom stereocenters. The molecule has 0 aromatic heterocycles. The molecule has 2 heteroatoms. The number of hydrogen-bond acceptors (Lipinski definition) is 2. The van der Waals surface area contributed by atoms with Crippen molar-refractivity contribution in [2.24, 2.45) is 0 Å². The van der Waals surface area contributed by atoms with Crippen molar-refractivity contribution in [3.8, 4) is 12.3 Å². The number of aliphatic hydroxyl groups excluding tert-OH is 1. The van der Waals surface area contributed by atoms with Crippen LogP contribution in [0.4, 0.5) is 0 Å². The molecule has 0 aliphatic heterocycles. The summed E-state index contributed by atoms with van der Waals surface area (Å²) in [6, 6.07) is 0. The van der Waals surface area contributed by atoms with E-state index >= 15 is 0 Å². The van der Waals surface area contributed by atoms with Crippen LogP contribution < -0.4 is 5.32 Å². The number of rotatable bonds is 3. The highest BCUT2D eigenvalue weighted by molar-refractivity contribution is 5.09. The lowest BCUT2D eigenvalue weighted by atomic mass is 9.99. The average molecular weight is 155 g/mol. The fourth-order valence-electron chi connectivity index (χ4n) is 0.922. The summed E-state index contributed by atoms with van der Waals surface area (Å²) in [5.41, 5.74) is -0.665. The highest BCUT2D eigenvalue weighted by Crippen LogP contribution is 2.08. The first-order valence-electron chi connectivity index (χ1n) is 3.71. The van der Waals surface area contributed by atoms with Gasteiger partial charge in [0.15, 0.2) is 0 Å². The Hall–Kier alpha value is -0.520. The summed E-state index contributed by atoms with van der Waals surface area (Å²) in [7, 11) is 0. The monoisotopic (exact) mass is 155 g/mol. The van der Waals surface area contributed by atoms with E-state index < -0.39 is 0 Å². The van der Waals surface area contributed by atoms with Crippen molar-refractivity contribution in [1.82, 2.24) is 5.32 Å². The summed E-state index contributed by atoms with van der Waals surface area (Å²) >= 11 is 0. The molecule has 0 aliphatic carbocycles. The fraction of sp³-hybridized carbons (Fsp3) is 0.778. The predicted molar refractivity (Wildman–Crippen MR) is 47.2 cm³/mol. The highest BCUT2D eigenvalue weighted by atomic mass is 16.3. The molecule has 64 valence electrons. The molecule has 0 radical (unpaired) electrons. The van der Waals surface area contributed by atoms with Gasteiger partial charge in [0.05, 0.1) is 12.1 Å². The summed E-state index contributed by atoms with van der Waals surface area (Å²) < 4.78 is 0.